The summed E-state index contributed by atoms with van der Waals surface area (Å²) < 4.78 is 1.98. The van der Waals surface area contributed by atoms with Crippen LogP contribution in [0, 0.1) is 6.92 Å². The summed E-state index contributed by atoms with van der Waals surface area (Å²) in [7, 11) is 0. The molecule has 6 heteroatoms. The molecule has 4 aromatic rings. The van der Waals surface area contributed by atoms with E-state index >= 15 is 0 Å². The molecule has 134 valence electrons. The maximum Gasteiger partial charge on any atom is 0.257 e. The lowest BCUT2D eigenvalue weighted by molar-refractivity contribution is 0.102. The van der Waals surface area contributed by atoms with Gasteiger partial charge in [-0.2, -0.15) is 0 Å². The van der Waals surface area contributed by atoms with E-state index in [4.69, 9.17) is 0 Å². The van der Waals surface area contributed by atoms with E-state index < -0.39 is 0 Å². The predicted octanol–water partition coefficient (Wildman–Crippen LogP) is 4.62. The normalized spacial score (nSPS) is 10.7. The second-order valence-electron chi connectivity index (χ2n) is 6.19. The lowest BCUT2D eigenvalue weighted by Gasteiger charge is -2.05. The second-order valence-corrected chi connectivity index (χ2v) is 7.18. The Morgan fingerprint density at radius 2 is 1.89 bits per heavy atom. The molecule has 2 aromatic carbocycles. The monoisotopic (exact) mass is 374 g/mol. The maximum absolute atomic E-state index is 12.5. The molecule has 0 aliphatic rings. The van der Waals surface area contributed by atoms with Gasteiger partial charge >= 0.3 is 0 Å². The molecular formula is C21H18N4OS. The number of aryl methyl sites for hydroxylation is 1. The zero-order chi connectivity index (χ0) is 18.6. The number of hydrogen-bond acceptors (Lipinski definition) is 4. The fourth-order valence-electron chi connectivity index (χ4n) is 2.83. The molecule has 1 N–H and O–H groups in total. The molecule has 0 aliphatic heterocycles. The highest BCUT2D eigenvalue weighted by Gasteiger charge is 2.13. The van der Waals surface area contributed by atoms with Gasteiger partial charge in [-0.15, -0.1) is 0 Å². The summed E-state index contributed by atoms with van der Waals surface area (Å²) in [5, 5.41) is 3.52. The Balaban J connectivity index is 1.46. The Morgan fingerprint density at radius 3 is 2.59 bits per heavy atom. The number of imidazole rings is 1. The van der Waals surface area contributed by atoms with Gasteiger partial charge in [0.2, 0.25) is 0 Å². The zero-order valence-corrected chi connectivity index (χ0v) is 15.6. The Kier molecular flexibility index (Phi) is 4.80. The van der Waals surface area contributed by atoms with E-state index in [9.17, 15) is 4.79 Å². The molecule has 4 rings (SSSR count). The number of benzene rings is 2. The predicted molar refractivity (Wildman–Crippen MR) is 108 cm³/mol. The van der Waals surface area contributed by atoms with E-state index in [1.54, 1.807) is 12.5 Å². The molecule has 1 amide bonds. The van der Waals surface area contributed by atoms with Gasteiger partial charge in [0.1, 0.15) is 0 Å². The van der Waals surface area contributed by atoms with Gasteiger partial charge in [-0.25, -0.2) is 9.97 Å². The van der Waals surface area contributed by atoms with Crippen LogP contribution in [0.5, 0.6) is 0 Å². The molecule has 0 radical (unpaired) electrons. The number of rotatable bonds is 5. The first-order chi connectivity index (χ1) is 13.2. The smallest absolute Gasteiger partial charge is 0.257 e. The number of aromatic nitrogens is 3. The Hall–Kier alpha value is -3.25. The van der Waals surface area contributed by atoms with Crippen LogP contribution in [-0.4, -0.2) is 20.4 Å². The fourth-order valence-corrected chi connectivity index (χ4v) is 3.80. The average molecular weight is 374 g/mol. The number of nitrogens with zero attached hydrogens (tertiary/aromatic N) is 3. The van der Waals surface area contributed by atoms with Gasteiger partial charge in [-0.3, -0.25) is 10.1 Å². The molecule has 2 heterocycles. The molecule has 0 bridgehead atoms. The van der Waals surface area contributed by atoms with Crippen molar-refractivity contribution in [2.24, 2.45) is 0 Å². The Morgan fingerprint density at radius 1 is 1.11 bits per heavy atom. The van der Waals surface area contributed by atoms with Crippen molar-refractivity contribution in [3.05, 3.63) is 90.1 Å². The quantitative estimate of drug-likeness (QED) is 0.555. The first-order valence-corrected chi connectivity index (χ1v) is 9.39. The van der Waals surface area contributed by atoms with E-state index in [0.717, 1.165) is 28.2 Å². The Bertz CT molecular complexity index is 1040. The molecule has 5 nitrogen and oxygen atoms in total. The number of nitrogens with one attached hydrogen (secondary N) is 1. The number of carbonyl (C=O) groups excluding carboxylic acids is 1. The highest BCUT2D eigenvalue weighted by Crippen LogP contribution is 2.32. The molecule has 0 unspecified atom stereocenters. The summed E-state index contributed by atoms with van der Waals surface area (Å²) in [5.74, 6) is -0.155. The standard InChI is InChI=1S/C21H18N4OS/c1-15-19(17-5-3-2-4-6-17)27-21(23-15)24-20(26)18-9-7-16(8-10-18)13-25-12-11-22-14-25/h2-12,14H,13H2,1H3,(H,23,24,26). The molecule has 27 heavy (non-hydrogen) atoms. The molecule has 0 aliphatic carbocycles. The lowest BCUT2D eigenvalue weighted by Crippen LogP contribution is -2.11. The summed E-state index contributed by atoms with van der Waals surface area (Å²) in [5.41, 5.74) is 3.74. The number of amides is 1. The minimum Gasteiger partial charge on any atom is -0.333 e. The average Bonchev–Trinajstić information content (AvgIpc) is 3.32. The molecule has 2 aromatic heterocycles. The number of thiazole rings is 1. The first-order valence-electron chi connectivity index (χ1n) is 8.58. The van der Waals surface area contributed by atoms with Crippen molar-refractivity contribution in [3.8, 4) is 10.4 Å². The fraction of sp³-hybridized carbons (Fsp3) is 0.0952. The molecule has 0 saturated heterocycles. The third-order valence-corrected chi connectivity index (χ3v) is 5.32. The van der Waals surface area contributed by atoms with Crippen molar-refractivity contribution in [1.29, 1.82) is 0 Å². The van der Waals surface area contributed by atoms with Crippen molar-refractivity contribution < 1.29 is 4.79 Å². The summed E-state index contributed by atoms with van der Waals surface area (Å²) in [4.78, 5) is 22.1. The second kappa shape index (κ2) is 7.55. The van der Waals surface area contributed by atoms with E-state index in [1.807, 2.05) is 72.3 Å². The van der Waals surface area contributed by atoms with Crippen LogP contribution in [0.15, 0.2) is 73.3 Å². The van der Waals surface area contributed by atoms with E-state index in [-0.39, 0.29) is 5.91 Å². The van der Waals surface area contributed by atoms with Gasteiger partial charge in [0.15, 0.2) is 5.13 Å². The maximum atomic E-state index is 12.5. The van der Waals surface area contributed by atoms with Crippen molar-refractivity contribution in [3.63, 3.8) is 0 Å². The summed E-state index contributed by atoms with van der Waals surface area (Å²) in [6, 6.07) is 17.7. The van der Waals surface area contributed by atoms with Gasteiger partial charge in [0, 0.05) is 24.5 Å². The first kappa shape index (κ1) is 17.2. The summed E-state index contributed by atoms with van der Waals surface area (Å²) in [6.45, 7) is 2.69. The van der Waals surface area contributed by atoms with Gasteiger partial charge in [0.25, 0.3) is 5.91 Å². The van der Waals surface area contributed by atoms with Crippen LogP contribution in [0.4, 0.5) is 5.13 Å². The molecule has 0 saturated carbocycles. The van der Waals surface area contributed by atoms with Gasteiger partial charge in [-0.1, -0.05) is 53.8 Å². The van der Waals surface area contributed by atoms with Crippen LogP contribution < -0.4 is 5.32 Å². The van der Waals surface area contributed by atoms with Crippen LogP contribution in [0.1, 0.15) is 21.6 Å². The zero-order valence-electron chi connectivity index (χ0n) is 14.8. The lowest BCUT2D eigenvalue weighted by atomic mass is 10.1. The minimum absolute atomic E-state index is 0.155. The minimum atomic E-state index is -0.155. The Labute approximate surface area is 161 Å². The molecule has 0 atom stereocenters. The highest BCUT2D eigenvalue weighted by atomic mass is 32.1. The molecule has 0 spiro atoms. The van der Waals surface area contributed by atoms with E-state index in [1.165, 1.54) is 11.3 Å². The third kappa shape index (κ3) is 3.96. The van der Waals surface area contributed by atoms with Crippen molar-refractivity contribution in [2.75, 3.05) is 5.32 Å². The largest absolute Gasteiger partial charge is 0.333 e. The van der Waals surface area contributed by atoms with Gasteiger partial charge in [0.05, 0.1) is 16.9 Å². The summed E-state index contributed by atoms with van der Waals surface area (Å²) >= 11 is 1.49. The van der Waals surface area contributed by atoms with E-state index in [2.05, 4.69) is 15.3 Å². The van der Waals surface area contributed by atoms with Crippen LogP contribution in [0.2, 0.25) is 0 Å². The summed E-state index contributed by atoms with van der Waals surface area (Å²) in [6.07, 6.45) is 5.44. The topological polar surface area (TPSA) is 59.8 Å². The van der Waals surface area contributed by atoms with Crippen LogP contribution in [0.3, 0.4) is 0 Å². The van der Waals surface area contributed by atoms with Crippen LogP contribution >= 0.6 is 11.3 Å². The van der Waals surface area contributed by atoms with Gasteiger partial charge in [-0.05, 0) is 30.2 Å². The SMILES string of the molecule is Cc1nc(NC(=O)c2ccc(Cn3ccnc3)cc2)sc1-c1ccccc1. The number of anilines is 1. The number of carbonyl (C=O) groups is 1. The van der Waals surface area contributed by atoms with Gasteiger partial charge < -0.3 is 4.57 Å². The van der Waals surface area contributed by atoms with Crippen molar-refractivity contribution >= 4 is 22.4 Å². The number of hydrogen-bond donors (Lipinski definition) is 1. The van der Waals surface area contributed by atoms with E-state index in [0.29, 0.717) is 10.7 Å². The van der Waals surface area contributed by atoms with Crippen LogP contribution in [-0.2, 0) is 6.54 Å². The highest BCUT2D eigenvalue weighted by molar-refractivity contribution is 7.19. The van der Waals surface area contributed by atoms with Crippen LogP contribution in [0.25, 0.3) is 10.4 Å². The van der Waals surface area contributed by atoms with Crippen molar-refractivity contribution in [1.82, 2.24) is 14.5 Å². The third-order valence-electron chi connectivity index (χ3n) is 4.19. The molecular weight excluding hydrogens is 356 g/mol. The van der Waals surface area contributed by atoms with Crippen molar-refractivity contribution in [2.45, 2.75) is 13.5 Å². The molecule has 0 fully saturated rings.